The van der Waals surface area contributed by atoms with Crippen molar-refractivity contribution in [3.8, 4) is 5.75 Å². The van der Waals surface area contributed by atoms with Crippen molar-refractivity contribution >= 4 is 15.9 Å². The van der Waals surface area contributed by atoms with Crippen molar-refractivity contribution in [2.24, 2.45) is 0 Å². The topological polar surface area (TPSA) is 84.9 Å². The number of benzene rings is 1. The lowest BCUT2D eigenvalue weighted by atomic mass is 10.0. The van der Waals surface area contributed by atoms with E-state index in [4.69, 9.17) is 9.47 Å². The number of carbonyl (C=O) groups is 1. The van der Waals surface area contributed by atoms with Crippen LogP contribution in [0.5, 0.6) is 5.75 Å². The van der Waals surface area contributed by atoms with E-state index in [1.165, 1.54) is 6.07 Å². The molecular formula is C19H30N2O5S. The van der Waals surface area contributed by atoms with E-state index in [2.05, 4.69) is 4.72 Å². The Hall–Kier alpha value is -1.64. The quantitative estimate of drug-likeness (QED) is 0.757. The average molecular weight is 399 g/mol. The Labute approximate surface area is 162 Å². The molecule has 0 radical (unpaired) electrons. The highest BCUT2D eigenvalue weighted by molar-refractivity contribution is 7.90. The van der Waals surface area contributed by atoms with Crippen LogP contribution < -0.4 is 9.46 Å². The van der Waals surface area contributed by atoms with Crippen LogP contribution in [0.15, 0.2) is 23.1 Å². The molecule has 1 aromatic carbocycles. The first-order valence-electron chi connectivity index (χ1n) is 9.31. The Morgan fingerprint density at radius 1 is 1.37 bits per heavy atom. The Kier molecular flexibility index (Phi) is 7.25. The van der Waals surface area contributed by atoms with E-state index in [0.717, 1.165) is 12.0 Å². The van der Waals surface area contributed by atoms with Crippen molar-refractivity contribution in [1.82, 2.24) is 9.62 Å². The normalized spacial score (nSPS) is 21.3. The van der Waals surface area contributed by atoms with Gasteiger partial charge in [0.25, 0.3) is 15.9 Å². The number of likely N-dealkylation sites (N-methyl/N-ethyl adjacent to an activating group) is 1. The second kappa shape index (κ2) is 9.03. The van der Waals surface area contributed by atoms with Gasteiger partial charge in [0.05, 0.1) is 17.6 Å². The van der Waals surface area contributed by atoms with Gasteiger partial charge >= 0.3 is 0 Å². The van der Waals surface area contributed by atoms with Gasteiger partial charge < -0.3 is 14.4 Å². The first-order valence-corrected chi connectivity index (χ1v) is 10.8. The summed E-state index contributed by atoms with van der Waals surface area (Å²) in [5.74, 6) is 0.105. The Morgan fingerprint density at radius 2 is 2.07 bits per heavy atom. The third-order valence-electron chi connectivity index (χ3n) is 4.35. The lowest BCUT2D eigenvalue weighted by Gasteiger charge is -2.33. The van der Waals surface area contributed by atoms with Gasteiger partial charge in [-0.2, -0.15) is 0 Å². The van der Waals surface area contributed by atoms with Crippen LogP contribution in [0.4, 0.5) is 0 Å². The standard InChI is InChI=1S/C19H30N2O5S/c1-6-9-25-17-8-7-15(10-16(17)13(2)3)27(23,24)20-19(22)18-12-21(5)11-14(4)26-18/h7-8,10,13-14,18H,6,9,11-12H2,1-5H3,(H,20,22)/t14-,18-/m0/s1. The molecule has 0 bridgehead atoms. The molecular weight excluding hydrogens is 368 g/mol. The fraction of sp³-hybridized carbons (Fsp3) is 0.632. The molecule has 0 unspecified atom stereocenters. The molecule has 0 aromatic heterocycles. The van der Waals surface area contributed by atoms with Crippen LogP contribution in [0.25, 0.3) is 0 Å². The van der Waals surface area contributed by atoms with E-state index in [1.807, 2.05) is 39.6 Å². The Balaban J connectivity index is 2.20. The number of sulfonamides is 1. The summed E-state index contributed by atoms with van der Waals surface area (Å²) in [6.07, 6.45) is -0.0861. The van der Waals surface area contributed by atoms with Gasteiger partial charge in [-0.25, -0.2) is 13.1 Å². The van der Waals surface area contributed by atoms with Crippen LogP contribution in [-0.2, 0) is 19.6 Å². The van der Waals surface area contributed by atoms with E-state index in [0.29, 0.717) is 25.4 Å². The maximum Gasteiger partial charge on any atom is 0.264 e. The molecule has 1 saturated heterocycles. The van der Waals surface area contributed by atoms with Gasteiger partial charge in [-0.1, -0.05) is 20.8 Å². The van der Waals surface area contributed by atoms with Gasteiger partial charge in [-0.3, -0.25) is 4.79 Å². The van der Waals surface area contributed by atoms with Gasteiger partial charge in [-0.05, 0) is 50.1 Å². The lowest BCUT2D eigenvalue weighted by Crippen LogP contribution is -2.52. The second-order valence-corrected chi connectivity index (χ2v) is 9.01. The van der Waals surface area contributed by atoms with Crippen LogP contribution in [0.1, 0.15) is 45.6 Å². The summed E-state index contributed by atoms with van der Waals surface area (Å²) in [7, 11) is -2.12. The maximum atomic E-state index is 12.7. The third-order valence-corrected chi connectivity index (χ3v) is 5.69. The summed E-state index contributed by atoms with van der Waals surface area (Å²) in [6, 6.07) is 4.68. The highest BCUT2D eigenvalue weighted by atomic mass is 32.2. The third kappa shape index (κ3) is 5.67. The van der Waals surface area contributed by atoms with Crippen LogP contribution in [0.2, 0.25) is 0 Å². The fourth-order valence-corrected chi connectivity index (χ4v) is 4.10. The van der Waals surface area contributed by atoms with Crippen LogP contribution in [0, 0.1) is 0 Å². The molecule has 1 heterocycles. The molecule has 8 heteroatoms. The second-order valence-electron chi connectivity index (χ2n) is 7.33. The predicted molar refractivity (Wildman–Crippen MR) is 103 cm³/mol. The zero-order valence-corrected chi connectivity index (χ0v) is 17.5. The zero-order chi connectivity index (χ0) is 20.2. The summed E-state index contributed by atoms with van der Waals surface area (Å²) in [5, 5.41) is 0. The molecule has 7 nitrogen and oxygen atoms in total. The zero-order valence-electron chi connectivity index (χ0n) is 16.7. The first-order chi connectivity index (χ1) is 12.6. The summed E-state index contributed by atoms with van der Waals surface area (Å²) < 4.78 is 38.9. The van der Waals surface area contributed by atoms with Crippen molar-refractivity contribution in [2.45, 2.75) is 57.1 Å². The highest BCUT2D eigenvalue weighted by Crippen LogP contribution is 2.29. The van der Waals surface area contributed by atoms with Gasteiger partial charge in [0.2, 0.25) is 0 Å². The number of nitrogens with one attached hydrogen (secondary N) is 1. The monoisotopic (exact) mass is 398 g/mol. The SMILES string of the molecule is CCCOc1ccc(S(=O)(=O)NC(=O)[C@@H]2CN(C)C[C@H](C)O2)cc1C(C)C. The van der Waals surface area contributed by atoms with Crippen LogP contribution in [0.3, 0.4) is 0 Å². The minimum atomic E-state index is -3.99. The molecule has 0 saturated carbocycles. The van der Waals surface area contributed by atoms with Gasteiger partial charge in [0.15, 0.2) is 0 Å². The van der Waals surface area contributed by atoms with Crippen LogP contribution >= 0.6 is 0 Å². The molecule has 152 valence electrons. The number of ether oxygens (including phenoxy) is 2. The van der Waals surface area contributed by atoms with Crippen LogP contribution in [-0.4, -0.2) is 58.2 Å². The highest BCUT2D eigenvalue weighted by Gasteiger charge is 2.31. The minimum absolute atomic E-state index is 0.0422. The van der Waals surface area contributed by atoms with Gasteiger partial charge in [0.1, 0.15) is 11.9 Å². The molecule has 2 rings (SSSR count). The molecule has 27 heavy (non-hydrogen) atoms. The number of carbonyl (C=O) groups excluding carboxylic acids is 1. The molecule has 1 N–H and O–H groups in total. The van der Waals surface area contributed by atoms with Crippen molar-refractivity contribution < 1.29 is 22.7 Å². The molecule has 2 atom stereocenters. The Bertz CT molecular complexity index is 753. The Morgan fingerprint density at radius 3 is 2.67 bits per heavy atom. The molecule has 1 aromatic rings. The number of hydrogen-bond acceptors (Lipinski definition) is 6. The largest absolute Gasteiger partial charge is 0.493 e. The molecule has 1 fully saturated rings. The molecule has 1 aliphatic heterocycles. The summed E-state index contributed by atoms with van der Waals surface area (Å²) >= 11 is 0. The van der Waals surface area contributed by atoms with E-state index < -0.39 is 22.0 Å². The average Bonchev–Trinajstić information content (AvgIpc) is 2.58. The number of hydrogen-bond donors (Lipinski definition) is 1. The van der Waals surface area contributed by atoms with E-state index in [1.54, 1.807) is 12.1 Å². The number of morpholine rings is 1. The first kappa shape index (κ1) is 21.7. The van der Waals surface area contributed by atoms with Crippen molar-refractivity contribution in [3.63, 3.8) is 0 Å². The fourth-order valence-electron chi connectivity index (χ4n) is 3.05. The van der Waals surface area contributed by atoms with Crippen molar-refractivity contribution in [1.29, 1.82) is 0 Å². The van der Waals surface area contributed by atoms with E-state index >= 15 is 0 Å². The number of amides is 1. The van der Waals surface area contributed by atoms with E-state index in [9.17, 15) is 13.2 Å². The summed E-state index contributed by atoms with van der Waals surface area (Å²) in [6.45, 7) is 9.42. The molecule has 1 aliphatic rings. The molecule has 0 spiro atoms. The number of nitrogens with zero attached hydrogens (tertiary/aromatic N) is 1. The summed E-state index contributed by atoms with van der Waals surface area (Å²) in [5.41, 5.74) is 0.793. The van der Waals surface area contributed by atoms with Crippen molar-refractivity contribution in [3.05, 3.63) is 23.8 Å². The lowest BCUT2D eigenvalue weighted by molar-refractivity contribution is -0.142. The number of rotatable bonds is 7. The predicted octanol–water partition coefficient (Wildman–Crippen LogP) is 2.12. The van der Waals surface area contributed by atoms with E-state index in [-0.39, 0.29) is 16.9 Å². The molecule has 0 aliphatic carbocycles. The van der Waals surface area contributed by atoms with Gasteiger partial charge in [0, 0.05) is 13.1 Å². The maximum absolute atomic E-state index is 12.7. The minimum Gasteiger partial charge on any atom is -0.493 e. The van der Waals surface area contributed by atoms with Crippen molar-refractivity contribution in [2.75, 3.05) is 26.7 Å². The van der Waals surface area contributed by atoms with Gasteiger partial charge in [-0.15, -0.1) is 0 Å². The smallest absolute Gasteiger partial charge is 0.264 e. The summed E-state index contributed by atoms with van der Waals surface area (Å²) in [4.78, 5) is 14.4. The molecule has 1 amide bonds.